The molecule has 0 aliphatic carbocycles. The topological polar surface area (TPSA) is 196 Å². The smallest absolute Gasteiger partial charge is 0.343 e. The van der Waals surface area contributed by atoms with Crippen LogP contribution >= 0.6 is 23.2 Å². The minimum Gasteiger partial charge on any atom is -0.493 e. The Kier molecular flexibility index (Phi) is 34.6. The Balaban J connectivity index is 0.000000182. The van der Waals surface area contributed by atoms with E-state index in [1.807, 2.05) is 219 Å². The molecule has 0 saturated carbocycles. The van der Waals surface area contributed by atoms with E-state index in [1.54, 1.807) is 95.1 Å². The van der Waals surface area contributed by atoms with Crippen LogP contribution in [0.3, 0.4) is 0 Å². The van der Waals surface area contributed by atoms with Gasteiger partial charge in [-0.15, -0.1) is 0 Å². The molecule has 3 amide bonds. The van der Waals surface area contributed by atoms with Crippen molar-refractivity contribution in [3.05, 3.63) is 375 Å². The SMILES string of the molecule is CN(C)CCOc1cc(CN(CCc2ccccn2)C(=O)c2ccccc2Cl)ccc1OCc1ccccc1.COc1cc(CN(CCc2ccccn2)C(=O)CCCCc2ccccc2)ccc1OC(=O)c1ccccc1.O=C(c1ccccc1Cl)N(CCc1ccccn1)Cc1ccc(OCc2ccccc2)c(OCCO)c1. The largest absolute Gasteiger partial charge is 0.493 e. The molecule has 0 atom stereocenters. The first kappa shape index (κ1) is 85.2. The molecule has 0 spiro atoms. The number of aliphatic hydroxyl groups is 1. The van der Waals surface area contributed by atoms with Gasteiger partial charge in [0.25, 0.3) is 11.8 Å². The third-order valence-electron chi connectivity index (χ3n) is 18.4. The van der Waals surface area contributed by atoms with Gasteiger partial charge in [0.15, 0.2) is 34.5 Å². The van der Waals surface area contributed by atoms with Crippen molar-refractivity contribution in [1.29, 1.82) is 0 Å². The molecule has 3 heterocycles. The number of carbonyl (C=O) groups is 4. The highest BCUT2D eigenvalue weighted by Gasteiger charge is 2.24. The number of ether oxygens (including phenoxy) is 6. The van der Waals surface area contributed by atoms with E-state index in [9.17, 15) is 24.3 Å². The number of likely N-dealkylation sites (N-methyl/N-ethyl adjacent to an activating group) is 1. The van der Waals surface area contributed by atoms with Gasteiger partial charge in [-0.3, -0.25) is 29.3 Å². The number of methoxy groups -OCH3 is 1. The van der Waals surface area contributed by atoms with Crippen molar-refractivity contribution < 1.29 is 52.7 Å². The van der Waals surface area contributed by atoms with E-state index in [0.29, 0.717) is 146 Å². The number of pyridine rings is 3. The number of amides is 3. The van der Waals surface area contributed by atoms with Gasteiger partial charge in [-0.1, -0.05) is 193 Å². The zero-order valence-corrected chi connectivity index (χ0v) is 66.7. The van der Waals surface area contributed by atoms with Crippen molar-refractivity contribution in [3.63, 3.8) is 0 Å². The maximum atomic E-state index is 13.6. The number of aromatic nitrogens is 3. The summed E-state index contributed by atoms with van der Waals surface area (Å²) in [6, 6.07) is 87.5. The predicted molar refractivity (Wildman–Crippen MR) is 451 cm³/mol. The number of carbonyl (C=O) groups excluding carboxylic acids is 4. The molecule has 115 heavy (non-hydrogen) atoms. The Labute approximate surface area is 684 Å². The van der Waals surface area contributed by atoms with Crippen LogP contribution in [0.2, 0.25) is 10.0 Å². The standard InChI is InChI=1S/C33H34N2O4.C32H34ClN3O3.C30H29ClN2O4/c1-38-31-24-27(19-20-30(31)39-33(37)28-15-6-3-7-16-28)25-35(23-21-29-17-10-11-22-34-29)32(36)18-9-8-14-26-12-4-2-5-13-26;1-35(2)20-21-38-31-22-26(15-16-30(31)39-24-25-10-4-3-5-11-25)23-36(19-17-27-12-8-9-18-34-27)32(37)28-13-6-7-14-29(28)33;31-27-12-5-4-11-26(27)30(35)33(17-15-25-10-6-7-16-32-25)21-24-13-14-28(29(20-24)36-19-18-34)37-22-23-8-2-1-3-9-23/h2-7,10-13,15-17,19-20,22,24H,8-9,14,18,21,23,25H2,1H3;3-16,18,22H,17,19-21,23-24H2,1-2H3;1-14,16,20,34H,15,17-19,21-22H2. The summed E-state index contributed by atoms with van der Waals surface area (Å²) < 4.78 is 35.2. The Bertz CT molecular complexity index is 4930. The number of rotatable bonds is 38. The Morgan fingerprint density at radius 1 is 0.374 bits per heavy atom. The van der Waals surface area contributed by atoms with Crippen LogP contribution < -0.4 is 28.4 Å². The number of benzene rings is 9. The van der Waals surface area contributed by atoms with E-state index in [2.05, 4.69) is 32.0 Å². The molecule has 592 valence electrons. The molecule has 0 unspecified atom stereocenters. The molecule has 20 heteroatoms. The van der Waals surface area contributed by atoms with Crippen molar-refractivity contribution in [2.75, 3.05) is 67.2 Å². The van der Waals surface area contributed by atoms with Crippen LogP contribution in [-0.4, -0.2) is 131 Å². The van der Waals surface area contributed by atoms with Crippen LogP contribution in [0.15, 0.2) is 298 Å². The van der Waals surface area contributed by atoms with Crippen LogP contribution in [0.5, 0.6) is 34.5 Å². The number of hydrogen-bond donors (Lipinski definition) is 1. The fourth-order valence-electron chi connectivity index (χ4n) is 12.2. The van der Waals surface area contributed by atoms with Gasteiger partial charge >= 0.3 is 5.97 Å². The van der Waals surface area contributed by atoms with Crippen molar-refractivity contribution in [2.45, 2.75) is 77.8 Å². The summed E-state index contributed by atoms with van der Waals surface area (Å²) in [5.74, 6) is 2.54. The molecule has 0 saturated heterocycles. The average Bonchev–Trinajstić information content (AvgIpc) is 0.845. The summed E-state index contributed by atoms with van der Waals surface area (Å²) in [6.07, 6.45) is 10.4. The number of unbranched alkanes of at least 4 members (excludes halogenated alkanes) is 1. The number of nitrogens with zero attached hydrogens (tertiary/aromatic N) is 7. The van der Waals surface area contributed by atoms with Crippen LogP contribution in [0.25, 0.3) is 0 Å². The zero-order chi connectivity index (χ0) is 80.6. The minimum atomic E-state index is -0.454. The van der Waals surface area contributed by atoms with Gasteiger partial charge < -0.3 is 53.1 Å². The lowest BCUT2D eigenvalue weighted by Crippen LogP contribution is -2.33. The number of hydrogen-bond acceptors (Lipinski definition) is 15. The second kappa shape index (κ2) is 46.7. The zero-order valence-electron chi connectivity index (χ0n) is 65.1. The van der Waals surface area contributed by atoms with E-state index in [0.717, 1.165) is 70.7 Å². The third-order valence-corrected chi connectivity index (χ3v) is 19.0. The van der Waals surface area contributed by atoms with Gasteiger partial charge in [0.2, 0.25) is 5.91 Å². The molecule has 0 aliphatic heterocycles. The molecule has 0 radical (unpaired) electrons. The van der Waals surface area contributed by atoms with Gasteiger partial charge in [-0.2, -0.15) is 0 Å². The highest BCUT2D eigenvalue weighted by Crippen LogP contribution is 2.34. The highest BCUT2D eigenvalue weighted by molar-refractivity contribution is 6.34. The second-order valence-electron chi connectivity index (χ2n) is 27.2. The Hall–Kier alpha value is -12.2. The van der Waals surface area contributed by atoms with E-state index in [4.69, 9.17) is 51.6 Å². The summed E-state index contributed by atoms with van der Waals surface area (Å²) in [6.45, 7) is 4.77. The van der Waals surface area contributed by atoms with Gasteiger partial charge in [0, 0.05) is 107 Å². The molecule has 3 aromatic heterocycles. The lowest BCUT2D eigenvalue weighted by Gasteiger charge is -2.24. The fourth-order valence-corrected chi connectivity index (χ4v) is 12.7. The molecule has 12 rings (SSSR count). The van der Waals surface area contributed by atoms with Gasteiger partial charge in [-0.05, 0) is 176 Å². The van der Waals surface area contributed by atoms with Crippen LogP contribution in [-0.2, 0) is 63.3 Å². The molecule has 9 aromatic carbocycles. The summed E-state index contributed by atoms with van der Waals surface area (Å²) in [5, 5.41) is 10.1. The lowest BCUT2D eigenvalue weighted by atomic mass is 10.1. The van der Waals surface area contributed by atoms with Gasteiger partial charge in [0.05, 0.1) is 40.5 Å². The monoisotopic (exact) mass is 1580 g/mol. The molecule has 1 N–H and O–H groups in total. The Morgan fingerprint density at radius 2 is 0.774 bits per heavy atom. The third kappa shape index (κ3) is 28.5. The van der Waals surface area contributed by atoms with Crippen molar-refractivity contribution in [3.8, 4) is 34.5 Å². The maximum absolute atomic E-state index is 13.6. The maximum Gasteiger partial charge on any atom is 0.343 e. The van der Waals surface area contributed by atoms with Crippen LogP contribution in [0.1, 0.15) is 101 Å². The van der Waals surface area contributed by atoms with E-state index in [-0.39, 0.29) is 30.9 Å². The van der Waals surface area contributed by atoms with Crippen LogP contribution in [0.4, 0.5) is 0 Å². The highest BCUT2D eigenvalue weighted by atomic mass is 35.5. The first-order valence-electron chi connectivity index (χ1n) is 38.4. The average molecular weight is 1580 g/mol. The molecule has 0 fully saturated rings. The summed E-state index contributed by atoms with van der Waals surface area (Å²) in [5.41, 5.74) is 10.2. The molecule has 0 aliphatic rings. The first-order chi connectivity index (χ1) is 56.2. The second-order valence-corrected chi connectivity index (χ2v) is 28.0. The summed E-state index contributed by atoms with van der Waals surface area (Å²) in [4.78, 5) is 73.7. The predicted octanol–water partition coefficient (Wildman–Crippen LogP) is 18.0. The van der Waals surface area contributed by atoms with Crippen molar-refractivity contribution in [2.24, 2.45) is 0 Å². The quantitative estimate of drug-likeness (QED) is 0.0218. The summed E-state index contributed by atoms with van der Waals surface area (Å²) >= 11 is 12.7. The van der Waals surface area contributed by atoms with E-state index < -0.39 is 5.97 Å². The van der Waals surface area contributed by atoms with Crippen molar-refractivity contribution >= 4 is 46.9 Å². The number of esters is 1. The van der Waals surface area contributed by atoms with Gasteiger partial charge in [0.1, 0.15) is 26.4 Å². The van der Waals surface area contributed by atoms with Crippen molar-refractivity contribution in [1.82, 2.24) is 34.6 Å². The van der Waals surface area contributed by atoms with Crippen LogP contribution in [0, 0.1) is 0 Å². The first-order valence-corrected chi connectivity index (χ1v) is 39.1. The van der Waals surface area contributed by atoms with E-state index >= 15 is 0 Å². The number of halogens is 2. The molecule has 18 nitrogen and oxygen atoms in total. The normalized spacial score (nSPS) is 10.7. The number of aryl methyl sites for hydroxylation is 1. The molecular formula is C95H97Cl2N7O11. The Morgan fingerprint density at radius 3 is 1.21 bits per heavy atom. The molecular weight excluding hydrogens is 1490 g/mol. The number of aliphatic hydroxyl groups excluding tert-OH is 1. The van der Waals surface area contributed by atoms with Gasteiger partial charge in [-0.25, -0.2) is 4.79 Å². The summed E-state index contributed by atoms with van der Waals surface area (Å²) in [7, 11) is 5.55. The minimum absolute atomic E-state index is 0.109. The van der Waals surface area contributed by atoms with E-state index in [1.165, 1.54) is 12.7 Å². The molecule has 12 aromatic rings. The fraction of sp³-hybridized carbons (Fsp3) is 0.232. The lowest BCUT2D eigenvalue weighted by molar-refractivity contribution is -0.132. The molecule has 0 bridgehead atoms.